The summed E-state index contributed by atoms with van der Waals surface area (Å²) in [5, 5.41) is 13.7. The predicted octanol–water partition coefficient (Wildman–Crippen LogP) is 5.83. The number of imidazole rings is 1. The highest BCUT2D eigenvalue weighted by Gasteiger charge is 2.24. The number of aliphatic hydroxyl groups is 1. The Morgan fingerprint density at radius 1 is 0.912 bits per heavy atom. The van der Waals surface area contributed by atoms with E-state index < -0.39 is 0 Å². The smallest absolute Gasteiger partial charge is 0.109 e. The molecule has 0 radical (unpaired) electrons. The number of aliphatic hydroxyl groups excluding tert-OH is 1. The zero-order valence-corrected chi connectivity index (χ0v) is 19.6. The van der Waals surface area contributed by atoms with Gasteiger partial charge in [-0.1, -0.05) is 49.2 Å². The minimum Gasteiger partial charge on any atom is -0.392 e. The number of nitrogens with zero attached hydrogens (tertiary/aromatic N) is 2. The van der Waals surface area contributed by atoms with Gasteiger partial charge in [-0.15, -0.1) is 0 Å². The van der Waals surface area contributed by atoms with Crippen LogP contribution >= 0.6 is 0 Å². The number of hydrogen-bond donors (Lipinski definition) is 3. The third-order valence-electron chi connectivity index (χ3n) is 7.71. The molecule has 2 fully saturated rings. The fraction of sp³-hybridized carbons (Fsp3) is 0.379. The quantitative estimate of drug-likeness (QED) is 0.440. The second-order valence-electron chi connectivity index (χ2n) is 9.87. The first-order valence-electron chi connectivity index (χ1n) is 12.7. The lowest BCUT2D eigenvalue weighted by Gasteiger charge is -2.13. The van der Waals surface area contributed by atoms with Gasteiger partial charge in [-0.2, -0.15) is 0 Å². The molecule has 0 bridgehead atoms. The van der Waals surface area contributed by atoms with Gasteiger partial charge in [0.1, 0.15) is 5.82 Å². The molecular weight excluding hydrogens is 420 g/mol. The van der Waals surface area contributed by atoms with Crippen molar-refractivity contribution in [1.29, 1.82) is 0 Å². The maximum Gasteiger partial charge on any atom is 0.109 e. The van der Waals surface area contributed by atoms with Gasteiger partial charge in [0.05, 0.1) is 18.5 Å². The van der Waals surface area contributed by atoms with Crippen LogP contribution in [0.3, 0.4) is 0 Å². The second kappa shape index (κ2) is 9.32. The standard InChI is InChI=1S/C29H32N4O/c34-18-24-14-22(23-15-27(31-16-23)26-6-3-13-30-26)11-12-25(24)19-7-9-20(10-8-19)28-17-32-29(33-28)21-4-1-2-5-21/h7-12,14,16-17,21,26,30,34H,1-6,13,15,18H2,(H,32,33)/t26-/m0/s1. The van der Waals surface area contributed by atoms with E-state index in [4.69, 9.17) is 4.99 Å². The third kappa shape index (κ3) is 4.15. The molecule has 2 aromatic carbocycles. The Balaban J connectivity index is 1.19. The minimum absolute atomic E-state index is 0.0153. The van der Waals surface area contributed by atoms with Gasteiger partial charge in [0.15, 0.2) is 0 Å². The Hall–Kier alpha value is -3.02. The molecular formula is C29H32N4O. The van der Waals surface area contributed by atoms with Crippen LogP contribution in [0.2, 0.25) is 0 Å². The first kappa shape index (κ1) is 21.5. The highest BCUT2D eigenvalue weighted by molar-refractivity contribution is 6.01. The van der Waals surface area contributed by atoms with E-state index in [1.54, 1.807) is 0 Å². The third-order valence-corrected chi connectivity index (χ3v) is 7.71. The summed E-state index contributed by atoms with van der Waals surface area (Å²) in [4.78, 5) is 12.9. The Morgan fingerprint density at radius 3 is 2.47 bits per heavy atom. The van der Waals surface area contributed by atoms with Gasteiger partial charge in [-0.05, 0) is 71.7 Å². The summed E-state index contributed by atoms with van der Waals surface area (Å²) < 4.78 is 0. The number of nitrogens with one attached hydrogen (secondary N) is 2. The highest BCUT2D eigenvalue weighted by atomic mass is 16.3. The Morgan fingerprint density at radius 2 is 1.71 bits per heavy atom. The average molecular weight is 453 g/mol. The molecule has 34 heavy (non-hydrogen) atoms. The van der Waals surface area contributed by atoms with E-state index in [-0.39, 0.29) is 6.61 Å². The van der Waals surface area contributed by atoms with Crippen molar-refractivity contribution in [1.82, 2.24) is 15.3 Å². The number of allylic oxidation sites excluding steroid dienone is 1. The molecule has 5 heteroatoms. The number of aromatic nitrogens is 2. The number of aliphatic imine (C=N–C) groups is 1. The molecule has 6 rings (SSSR count). The Bertz CT molecular complexity index is 1230. The maximum atomic E-state index is 10.1. The molecule has 3 aromatic rings. The van der Waals surface area contributed by atoms with E-state index in [0.29, 0.717) is 12.0 Å². The Kier molecular flexibility index (Phi) is 5.90. The van der Waals surface area contributed by atoms with Crippen molar-refractivity contribution in [3.05, 3.63) is 71.8 Å². The number of rotatable bonds is 6. The molecule has 0 amide bonds. The van der Waals surface area contributed by atoms with Crippen LogP contribution in [-0.4, -0.2) is 33.4 Å². The summed E-state index contributed by atoms with van der Waals surface area (Å²) in [6.45, 7) is 1.10. The SMILES string of the molecule is OCc1cc(C2=CN=C([C@@H]3CCCN3)C2)ccc1-c1ccc(-c2cnc(C3CCCC3)[nH]2)cc1. The van der Waals surface area contributed by atoms with Crippen molar-refractivity contribution in [2.75, 3.05) is 6.54 Å². The first-order valence-corrected chi connectivity index (χ1v) is 12.7. The molecule has 5 nitrogen and oxygen atoms in total. The summed E-state index contributed by atoms with van der Waals surface area (Å²) in [6.07, 6.45) is 12.4. The molecule has 3 heterocycles. The van der Waals surface area contributed by atoms with Crippen LogP contribution < -0.4 is 5.32 Å². The maximum absolute atomic E-state index is 10.1. The molecule has 3 aliphatic rings. The molecule has 0 unspecified atom stereocenters. The van der Waals surface area contributed by atoms with Gasteiger partial charge in [0, 0.05) is 30.3 Å². The van der Waals surface area contributed by atoms with Crippen LogP contribution in [0.15, 0.2) is 59.9 Å². The molecule has 1 atom stereocenters. The zero-order chi connectivity index (χ0) is 22.9. The molecule has 1 aliphatic carbocycles. The molecule has 1 aromatic heterocycles. The zero-order valence-electron chi connectivity index (χ0n) is 19.6. The van der Waals surface area contributed by atoms with Crippen LogP contribution in [0.4, 0.5) is 0 Å². The van der Waals surface area contributed by atoms with Gasteiger partial charge < -0.3 is 15.4 Å². The number of H-pyrrole nitrogens is 1. The van der Waals surface area contributed by atoms with Gasteiger partial charge in [0.25, 0.3) is 0 Å². The molecule has 1 saturated heterocycles. The molecule has 1 saturated carbocycles. The Labute approximate surface area is 201 Å². The van der Waals surface area contributed by atoms with E-state index in [1.807, 2.05) is 12.4 Å². The van der Waals surface area contributed by atoms with Crippen LogP contribution in [0.25, 0.3) is 28.0 Å². The van der Waals surface area contributed by atoms with Crippen LogP contribution in [0.5, 0.6) is 0 Å². The van der Waals surface area contributed by atoms with E-state index in [0.717, 1.165) is 52.3 Å². The fourth-order valence-corrected chi connectivity index (χ4v) is 5.73. The van der Waals surface area contributed by atoms with E-state index in [9.17, 15) is 5.11 Å². The summed E-state index contributed by atoms with van der Waals surface area (Å²) in [5.41, 5.74) is 8.98. The predicted molar refractivity (Wildman–Crippen MR) is 138 cm³/mol. The van der Waals surface area contributed by atoms with Gasteiger partial charge in [0.2, 0.25) is 0 Å². The van der Waals surface area contributed by atoms with Gasteiger partial charge in [-0.25, -0.2) is 4.98 Å². The summed E-state index contributed by atoms with van der Waals surface area (Å²) in [7, 11) is 0. The van der Waals surface area contributed by atoms with Crippen molar-refractivity contribution >= 4 is 11.3 Å². The molecule has 0 spiro atoms. The van der Waals surface area contributed by atoms with E-state index in [1.165, 1.54) is 49.8 Å². The lowest BCUT2D eigenvalue weighted by Crippen LogP contribution is -2.29. The highest BCUT2D eigenvalue weighted by Crippen LogP contribution is 2.35. The van der Waals surface area contributed by atoms with Crippen molar-refractivity contribution in [3.8, 4) is 22.4 Å². The topological polar surface area (TPSA) is 73.3 Å². The monoisotopic (exact) mass is 452 g/mol. The molecule has 3 N–H and O–H groups in total. The van der Waals surface area contributed by atoms with Crippen LogP contribution in [0.1, 0.15) is 67.8 Å². The van der Waals surface area contributed by atoms with Crippen LogP contribution in [-0.2, 0) is 6.61 Å². The van der Waals surface area contributed by atoms with Gasteiger partial charge in [-0.3, -0.25) is 4.99 Å². The van der Waals surface area contributed by atoms with Crippen molar-refractivity contribution in [2.24, 2.45) is 4.99 Å². The van der Waals surface area contributed by atoms with Gasteiger partial charge >= 0.3 is 0 Å². The summed E-state index contributed by atoms with van der Waals surface area (Å²) in [6, 6.07) is 15.4. The lowest BCUT2D eigenvalue weighted by atomic mass is 9.93. The normalized spacial score (nSPS) is 20.7. The second-order valence-corrected chi connectivity index (χ2v) is 9.87. The lowest BCUT2D eigenvalue weighted by molar-refractivity contribution is 0.282. The van der Waals surface area contributed by atoms with E-state index >= 15 is 0 Å². The average Bonchev–Trinajstić information content (AvgIpc) is 3.70. The number of hydrogen-bond acceptors (Lipinski definition) is 4. The largest absolute Gasteiger partial charge is 0.392 e. The molecule has 174 valence electrons. The summed E-state index contributed by atoms with van der Waals surface area (Å²) in [5.74, 6) is 1.72. The summed E-state index contributed by atoms with van der Waals surface area (Å²) >= 11 is 0. The van der Waals surface area contributed by atoms with Crippen molar-refractivity contribution < 1.29 is 5.11 Å². The number of aromatic amines is 1. The first-order chi connectivity index (χ1) is 16.8. The van der Waals surface area contributed by atoms with Crippen LogP contribution in [0, 0.1) is 0 Å². The number of benzene rings is 2. The minimum atomic E-state index is 0.0153. The van der Waals surface area contributed by atoms with Crippen molar-refractivity contribution in [2.45, 2.75) is 63.5 Å². The molecule has 2 aliphatic heterocycles. The van der Waals surface area contributed by atoms with E-state index in [2.05, 4.69) is 57.7 Å². The van der Waals surface area contributed by atoms with Crippen molar-refractivity contribution in [3.63, 3.8) is 0 Å². The fourth-order valence-electron chi connectivity index (χ4n) is 5.73.